The van der Waals surface area contributed by atoms with Crippen molar-refractivity contribution in [2.45, 2.75) is 58.7 Å². The fraction of sp³-hybridized carbons (Fsp3) is 0.545. The number of phenols is 1. The van der Waals surface area contributed by atoms with Crippen molar-refractivity contribution in [2.24, 2.45) is 17.6 Å². The van der Waals surface area contributed by atoms with Crippen LogP contribution in [0.15, 0.2) is 24.3 Å². The van der Waals surface area contributed by atoms with Crippen molar-refractivity contribution in [3.8, 4) is 5.75 Å². The summed E-state index contributed by atoms with van der Waals surface area (Å²) in [6.45, 7) is 6.77. The molecule has 0 heterocycles. The molecule has 3 atom stereocenters. The Kier molecular flexibility index (Phi) is 10.6. The van der Waals surface area contributed by atoms with E-state index < -0.39 is 41.8 Å². The monoisotopic (exact) mass is 450 g/mol. The number of phenolic OH excluding ortho intramolecular Hbond substituents is 1. The number of carboxylic acid groups (broad SMARTS) is 1. The number of carboxylic acids is 1. The third-order valence-corrected chi connectivity index (χ3v) is 4.78. The molecular formula is C22H34N4O6. The lowest BCUT2D eigenvalue weighted by atomic mass is 9.99. The Balaban J connectivity index is 3.04. The molecule has 0 aliphatic rings. The minimum absolute atomic E-state index is 0.0301. The van der Waals surface area contributed by atoms with E-state index >= 15 is 0 Å². The first-order valence-corrected chi connectivity index (χ1v) is 10.5. The van der Waals surface area contributed by atoms with Gasteiger partial charge in [-0.25, -0.2) is 4.79 Å². The van der Waals surface area contributed by atoms with Crippen LogP contribution in [0.4, 0.5) is 0 Å². The maximum Gasteiger partial charge on any atom is 0.326 e. The summed E-state index contributed by atoms with van der Waals surface area (Å²) >= 11 is 0. The number of aliphatic carboxylic acids is 1. The predicted molar refractivity (Wildman–Crippen MR) is 119 cm³/mol. The topological polar surface area (TPSA) is 171 Å². The molecule has 1 rings (SSSR count). The van der Waals surface area contributed by atoms with Gasteiger partial charge in [0.25, 0.3) is 0 Å². The number of hydrogen-bond acceptors (Lipinski definition) is 6. The van der Waals surface area contributed by atoms with Crippen molar-refractivity contribution >= 4 is 23.7 Å². The van der Waals surface area contributed by atoms with Crippen molar-refractivity contribution < 1.29 is 29.4 Å². The average Bonchev–Trinajstić information content (AvgIpc) is 2.71. The van der Waals surface area contributed by atoms with Crippen LogP contribution in [0.5, 0.6) is 5.75 Å². The standard InChI is InChI=1S/C22H34N4O6/c1-12(2)9-16(21(30)26-19(13(3)4)22(31)32)25-20(29)17(24-18(28)11-23)10-14-5-7-15(27)8-6-14/h5-8,12-13,16-17,19,27H,9-11,23H2,1-4H3,(H,24,28)(H,25,29)(H,26,30)(H,31,32). The van der Waals surface area contributed by atoms with Crippen LogP contribution in [0.2, 0.25) is 0 Å². The lowest BCUT2D eigenvalue weighted by Gasteiger charge is -2.26. The minimum atomic E-state index is -1.16. The van der Waals surface area contributed by atoms with Gasteiger partial charge in [0, 0.05) is 6.42 Å². The maximum absolute atomic E-state index is 13.0. The second-order valence-corrected chi connectivity index (χ2v) is 8.45. The molecule has 0 saturated heterocycles. The highest BCUT2D eigenvalue weighted by Crippen LogP contribution is 2.13. The van der Waals surface area contributed by atoms with Crippen LogP contribution in [0.3, 0.4) is 0 Å². The molecule has 0 radical (unpaired) electrons. The van der Waals surface area contributed by atoms with Crippen LogP contribution in [0, 0.1) is 11.8 Å². The lowest BCUT2D eigenvalue weighted by Crippen LogP contribution is -2.57. The number of benzene rings is 1. The molecule has 3 amide bonds. The first-order valence-electron chi connectivity index (χ1n) is 10.5. The van der Waals surface area contributed by atoms with Gasteiger partial charge in [-0.2, -0.15) is 0 Å². The SMILES string of the molecule is CC(C)CC(NC(=O)C(Cc1ccc(O)cc1)NC(=O)CN)C(=O)NC(C(=O)O)C(C)C. The van der Waals surface area contributed by atoms with Gasteiger partial charge in [-0.3, -0.25) is 14.4 Å². The first-order chi connectivity index (χ1) is 14.9. The zero-order chi connectivity index (χ0) is 24.4. The van der Waals surface area contributed by atoms with Crippen molar-refractivity contribution in [1.82, 2.24) is 16.0 Å². The molecule has 0 bridgehead atoms. The molecule has 0 aliphatic carbocycles. The van der Waals surface area contributed by atoms with E-state index in [2.05, 4.69) is 16.0 Å². The maximum atomic E-state index is 13.0. The summed E-state index contributed by atoms with van der Waals surface area (Å²) in [6.07, 6.45) is 0.385. The van der Waals surface area contributed by atoms with Crippen molar-refractivity contribution in [2.75, 3.05) is 6.54 Å². The predicted octanol–water partition coefficient (Wildman–Crippen LogP) is 0.135. The van der Waals surface area contributed by atoms with Gasteiger partial charge in [-0.1, -0.05) is 39.8 Å². The Labute approximate surface area is 187 Å². The van der Waals surface area contributed by atoms with Crippen molar-refractivity contribution in [3.05, 3.63) is 29.8 Å². The van der Waals surface area contributed by atoms with Crippen LogP contribution in [0.25, 0.3) is 0 Å². The number of nitrogens with one attached hydrogen (secondary N) is 3. The second-order valence-electron chi connectivity index (χ2n) is 8.45. The minimum Gasteiger partial charge on any atom is -0.508 e. The van der Waals surface area contributed by atoms with Gasteiger partial charge in [-0.15, -0.1) is 0 Å². The molecule has 0 spiro atoms. The van der Waals surface area contributed by atoms with Gasteiger partial charge in [0.1, 0.15) is 23.9 Å². The first kappa shape index (κ1) is 26.9. The highest BCUT2D eigenvalue weighted by Gasteiger charge is 2.31. The number of rotatable bonds is 12. The molecule has 1 aromatic rings. The third-order valence-electron chi connectivity index (χ3n) is 4.78. The van der Waals surface area contributed by atoms with Crippen molar-refractivity contribution in [3.63, 3.8) is 0 Å². The zero-order valence-corrected chi connectivity index (χ0v) is 18.9. The van der Waals surface area contributed by atoms with Crippen LogP contribution in [0.1, 0.15) is 39.7 Å². The largest absolute Gasteiger partial charge is 0.508 e. The van der Waals surface area contributed by atoms with Gasteiger partial charge >= 0.3 is 5.97 Å². The molecule has 0 aromatic heterocycles. The molecule has 0 aliphatic heterocycles. The summed E-state index contributed by atoms with van der Waals surface area (Å²) in [5.41, 5.74) is 6.04. The summed E-state index contributed by atoms with van der Waals surface area (Å²) in [4.78, 5) is 49.1. The third kappa shape index (κ3) is 8.93. The van der Waals surface area contributed by atoms with Crippen LogP contribution in [-0.4, -0.2) is 58.6 Å². The Morgan fingerprint density at radius 2 is 1.47 bits per heavy atom. The second kappa shape index (κ2) is 12.7. The van der Waals surface area contributed by atoms with Crippen LogP contribution < -0.4 is 21.7 Å². The van der Waals surface area contributed by atoms with Gasteiger partial charge in [-0.05, 0) is 36.0 Å². The fourth-order valence-electron chi connectivity index (χ4n) is 3.07. The fourth-order valence-corrected chi connectivity index (χ4v) is 3.07. The molecular weight excluding hydrogens is 416 g/mol. The summed E-state index contributed by atoms with van der Waals surface area (Å²) in [5, 5.41) is 26.5. The van der Waals surface area contributed by atoms with Gasteiger partial charge in [0.15, 0.2) is 0 Å². The number of amides is 3. The molecule has 178 valence electrons. The van der Waals surface area contributed by atoms with Crippen LogP contribution >= 0.6 is 0 Å². The molecule has 10 nitrogen and oxygen atoms in total. The van der Waals surface area contributed by atoms with Gasteiger partial charge in [0.2, 0.25) is 17.7 Å². The van der Waals surface area contributed by atoms with E-state index in [0.717, 1.165) is 0 Å². The Morgan fingerprint density at radius 1 is 0.906 bits per heavy atom. The quantitative estimate of drug-likeness (QED) is 0.263. The number of nitrogens with two attached hydrogens (primary N) is 1. The molecule has 10 heteroatoms. The Morgan fingerprint density at radius 3 is 1.94 bits per heavy atom. The normalized spacial score (nSPS) is 13.8. The summed E-state index contributed by atoms with van der Waals surface area (Å²) in [5.74, 6) is -3.17. The number of hydrogen-bond donors (Lipinski definition) is 6. The molecule has 0 saturated carbocycles. The number of aromatic hydroxyl groups is 1. The highest BCUT2D eigenvalue weighted by atomic mass is 16.4. The molecule has 32 heavy (non-hydrogen) atoms. The Hall–Kier alpha value is -3.14. The summed E-state index contributed by atoms with van der Waals surface area (Å²) in [6, 6.07) is 3.05. The molecule has 1 aromatic carbocycles. The van der Waals surface area contributed by atoms with E-state index in [1.807, 2.05) is 13.8 Å². The molecule has 0 fully saturated rings. The van der Waals surface area contributed by atoms with Crippen molar-refractivity contribution in [1.29, 1.82) is 0 Å². The van der Waals surface area contributed by atoms with Crippen LogP contribution in [-0.2, 0) is 25.6 Å². The molecule has 7 N–H and O–H groups in total. The summed E-state index contributed by atoms with van der Waals surface area (Å²) in [7, 11) is 0. The van der Waals surface area contributed by atoms with Gasteiger partial charge in [0.05, 0.1) is 6.54 Å². The van der Waals surface area contributed by atoms with E-state index in [0.29, 0.717) is 5.56 Å². The smallest absolute Gasteiger partial charge is 0.326 e. The average molecular weight is 451 g/mol. The summed E-state index contributed by atoms with van der Waals surface area (Å²) < 4.78 is 0. The van der Waals surface area contributed by atoms with E-state index in [1.54, 1.807) is 26.0 Å². The highest BCUT2D eigenvalue weighted by molar-refractivity contribution is 5.93. The lowest BCUT2D eigenvalue weighted by molar-refractivity contribution is -0.143. The van der Waals surface area contributed by atoms with Gasteiger partial charge < -0.3 is 31.9 Å². The van der Waals surface area contributed by atoms with E-state index in [1.165, 1.54) is 12.1 Å². The van der Waals surface area contributed by atoms with E-state index in [9.17, 15) is 29.4 Å². The Bertz CT molecular complexity index is 794. The zero-order valence-electron chi connectivity index (χ0n) is 18.9. The van der Waals surface area contributed by atoms with E-state index in [-0.39, 0.29) is 37.0 Å². The van der Waals surface area contributed by atoms with E-state index in [4.69, 9.17) is 5.73 Å². The number of carbonyl (C=O) groups excluding carboxylic acids is 3. The molecule has 3 unspecified atom stereocenters. The number of carbonyl (C=O) groups is 4.